The minimum atomic E-state index is 0.202. The highest BCUT2D eigenvalue weighted by Gasteiger charge is 2.15. The summed E-state index contributed by atoms with van der Waals surface area (Å²) in [6, 6.07) is 17.1. The van der Waals surface area contributed by atoms with Crippen LogP contribution in [0.4, 0.5) is 0 Å². The van der Waals surface area contributed by atoms with Crippen LogP contribution in [0.5, 0.6) is 17.4 Å². The van der Waals surface area contributed by atoms with Gasteiger partial charge in [-0.2, -0.15) is 0 Å². The molecule has 0 aliphatic rings. The first-order valence-corrected chi connectivity index (χ1v) is 10.2. The Hall–Kier alpha value is -4.06. The Labute approximate surface area is 186 Å². The lowest BCUT2D eigenvalue weighted by Crippen LogP contribution is -2.01. The Morgan fingerprint density at radius 3 is 2.34 bits per heavy atom. The Bertz CT molecular complexity index is 1240. The summed E-state index contributed by atoms with van der Waals surface area (Å²) in [6.45, 7) is 6.28. The van der Waals surface area contributed by atoms with E-state index in [0.29, 0.717) is 24.4 Å². The number of nitrogens with zero attached hydrogens (tertiary/aromatic N) is 3. The topological polar surface area (TPSA) is 74.2 Å². The largest absolute Gasteiger partial charge is 0.488 e. The zero-order valence-electron chi connectivity index (χ0n) is 18.2. The average molecular weight is 425 g/mol. The molecule has 160 valence electrons. The lowest BCUT2D eigenvalue weighted by atomic mass is 9.98. The van der Waals surface area contributed by atoms with Crippen LogP contribution in [0.3, 0.4) is 0 Å². The quantitative estimate of drug-likeness (QED) is 0.356. The number of aryl methyl sites for hydroxylation is 3. The van der Waals surface area contributed by atoms with Gasteiger partial charge in [-0.05, 0) is 55.7 Å². The van der Waals surface area contributed by atoms with Crippen molar-refractivity contribution in [2.75, 3.05) is 0 Å². The molecule has 32 heavy (non-hydrogen) atoms. The maximum atomic E-state index is 11.8. The van der Waals surface area contributed by atoms with Gasteiger partial charge < -0.3 is 9.47 Å². The first kappa shape index (κ1) is 21.2. The summed E-state index contributed by atoms with van der Waals surface area (Å²) in [6.07, 6.45) is 3.84. The highest BCUT2D eigenvalue weighted by atomic mass is 16.5. The monoisotopic (exact) mass is 425 g/mol. The summed E-state index contributed by atoms with van der Waals surface area (Å²) in [5.41, 5.74) is 6.17. The number of aromatic nitrogens is 3. The fourth-order valence-electron chi connectivity index (χ4n) is 3.56. The Morgan fingerprint density at radius 2 is 1.66 bits per heavy atom. The summed E-state index contributed by atoms with van der Waals surface area (Å²) in [5, 5.41) is 0. The van der Waals surface area contributed by atoms with E-state index >= 15 is 0 Å². The van der Waals surface area contributed by atoms with Gasteiger partial charge in [0.05, 0.1) is 0 Å². The molecular weight excluding hydrogens is 402 g/mol. The molecule has 0 N–H and O–H groups in total. The predicted molar refractivity (Wildman–Crippen MR) is 122 cm³/mol. The van der Waals surface area contributed by atoms with Crippen LogP contribution in [0.15, 0.2) is 67.1 Å². The smallest absolute Gasteiger partial charge is 0.233 e. The second-order valence-corrected chi connectivity index (χ2v) is 7.42. The molecular formula is C26H23N3O3. The molecule has 0 aliphatic carbocycles. The summed E-state index contributed by atoms with van der Waals surface area (Å²) in [7, 11) is 0. The van der Waals surface area contributed by atoms with Gasteiger partial charge in [0.2, 0.25) is 5.88 Å². The third-order valence-corrected chi connectivity index (χ3v) is 5.18. The van der Waals surface area contributed by atoms with Crippen LogP contribution in [0, 0.1) is 20.8 Å². The summed E-state index contributed by atoms with van der Waals surface area (Å²) < 4.78 is 11.8. The highest BCUT2D eigenvalue weighted by Crippen LogP contribution is 2.33. The molecule has 4 rings (SSSR count). The van der Waals surface area contributed by atoms with Crippen LogP contribution in [0.2, 0.25) is 0 Å². The second-order valence-electron chi connectivity index (χ2n) is 7.42. The highest BCUT2D eigenvalue weighted by molar-refractivity contribution is 5.82. The van der Waals surface area contributed by atoms with E-state index in [1.165, 1.54) is 0 Å². The van der Waals surface area contributed by atoms with Crippen LogP contribution in [0.25, 0.3) is 11.1 Å². The Kier molecular flexibility index (Phi) is 6.22. The van der Waals surface area contributed by atoms with Gasteiger partial charge in [0.15, 0.2) is 6.29 Å². The summed E-state index contributed by atoms with van der Waals surface area (Å²) in [4.78, 5) is 24.7. The molecule has 0 bridgehead atoms. The van der Waals surface area contributed by atoms with Crippen LogP contribution in [-0.4, -0.2) is 21.2 Å². The number of benzene rings is 2. The van der Waals surface area contributed by atoms with Crippen molar-refractivity contribution in [3.63, 3.8) is 0 Å². The molecule has 0 saturated heterocycles. The lowest BCUT2D eigenvalue weighted by Gasteiger charge is -2.14. The van der Waals surface area contributed by atoms with Crippen molar-refractivity contribution < 1.29 is 14.3 Å². The number of hydrogen-bond acceptors (Lipinski definition) is 6. The van der Waals surface area contributed by atoms with Gasteiger partial charge >= 0.3 is 0 Å². The Balaban J connectivity index is 1.59. The van der Waals surface area contributed by atoms with Gasteiger partial charge in [0.1, 0.15) is 30.0 Å². The van der Waals surface area contributed by atoms with Gasteiger partial charge in [-0.3, -0.25) is 4.79 Å². The Morgan fingerprint density at radius 1 is 0.906 bits per heavy atom. The standard InChI is InChI=1S/C26H23N3O3/c1-17-13-21(9-10-22(17)25-18(2)28-16-29-19(25)3)32-26-23(14-30)24(11-12-27-26)31-15-20-7-5-4-6-8-20/h4-14,16H,15H2,1-3H3. The molecule has 2 aromatic heterocycles. The van der Waals surface area contributed by atoms with Crippen LogP contribution < -0.4 is 9.47 Å². The molecule has 0 radical (unpaired) electrons. The molecule has 0 amide bonds. The normalized spacial score (nSPS) is 10.6. The zero-order valence-corrected chi connectivity index (χ0v) is 18.2. The fraction of sp³-hybridized carbons (Fsp3) is 0.154. The minimum absolute atomic E-state index is 0.202. The first-order valence-electron chi connectivity index (χ1n) is 10.2. The minimum Gasteiger partial charge on any atom is -0.488 e. The second kappa shape index (κ2) is 9.39. The zero-order chi connectivity index (χ0) is 22.5. The van der Waals surface area contributed by atoms with E-state index in [1.54, 1.807) is 18.6 Å². The number of ether oxygens (including phenoxy) is 2. The molecule has 4 aromatic rings. The molecule has 0 spiro atoms. The molecule has 0 atom stereocenters. The average Bonchev–Trinajstić information content (AvgIpc) is 2.79. The lowest BCUT2D eigenvalue weighted by molar-refractivity contribution is 0.111. The molecule has 2 aromatic carbocycles. The summed E-state index contributed by atoms with van der Waals surface area (Å²) >= 11 is 0. The molecule has 0 fully saturated rings. The van der Waals surface area contributed by atoms with Gasteiger partial charge in [0.25, 0.3) is 0 Å². The van der Waals surface area contributed by atoms with Crippen molar-refractivity contribution >= 4 is 6.29 Å². The van der Waals surface area contributed by atoms with Crippen LogP contribution in [-0.2, 0) is 6.61 Å². The number of hydrogen-bond donors (Lipinski definition) is 0. The first-order chi connectivity index (χ1) is 15.6. The van der Waals surface area contributed by atoms with E-state index in [0.717, 1.165) is 33.6 Å². The van der Waals surface area contributed by atoms with Gasteiger partial charge in [-0.15, -0.1) is 0 Å². The molecule has 2 heterocycles. The van der Waals surface area contributed by atoms with E-state index < -0.39 is 0 Å². The van der Waals surface area contributed by atoms with Crippen molar-refractivity contribution in [3.05, 3.63) is 95.2 Å². The van der Waals surface area contributed by atoms with Crippen molar-refractivity contribution in [2.45, 2.75) is 27.4 Å². The predicted octanol–water partition coefficient (Wildman–Crippen LogP) is 5.65. The fourth-order valence-corrected chi connectivity index (χ4v) is 3.56. The SMILES string of the molecule is Cc1cc(Oc2nccc(OCc3ccccc3)c2C=O)ccc1-c1c(C)ncnc1C. The number of pyridine rings is 1. The summed E-state index contributed by atoms with van der Waals surface area (Å²) in [5.74, 6) is 1.21. The van der Waals surface area contributed by atoms with Crippen molar-refractivity contribution in [2.24, 2.45) is 0 Å². The number of rotatable bonds is 7. The van der Waals surface area contributed by atoms with E-state index in [9.17, 15) is 4.79 Å². The van der Waals surface area contributed by atoms with Crippen molar-refractivity contribution in [3.8, 4) is 28.5 Å². The molecule has 0 unspecified atom stereocenters. The van der Waals surface area contributed by atoms with Gasteiger partial charge in [-0.1, -0.05) is 36.4 Å². The number of aldehydes is 1. The van der Waals surface area contributed by atoms with E-state index in [-0.39, 0.29) is 11.4 Å². The third-order valence-electron chi connectivity index (χ3n) is 5.18. The van der Waals surface area contributed by atoms with Crippen LogP contribution in [0.1, 0.15) is 32.9 Å². The van der Waals surface area contributed by atoms with Gasteiger partial charge in [-0.25, -0.2) is 15.0 Å². The molecule has 6 heteroatoms. The van der Waals surface area contributed by atoms with E-state index in [2.05, 4.69) is 15.0 Å². The molecule has 0 saturated carbocycles. The maximum Gasteiger partial charge on any atom is 0.233 e. The van der Waals surface area contributed by atoms with Crippen molar-refractivity contribution in [1.82, 2.24) is 15.0 Å². The van der Waals surface area contributed by atoms with Crippen LogP contribution >= 0.6 is 0 Å². The maximum absolute atomic E-state index is 11.8. The van der Waals surface area contributed by atoms with E-state index in [4.69, 9.17) is 9.47 Å². The molecule has 0 aliphatic heterocycles. The molecule has 6 nitrogen and oxygen atoms in total. The number of carbonyl (C=O) groups is 1. The van der Waals surface area contributed by atoms with Gasteiger partial charge in [0, 0.05) is 23.1 Å². The van der Waals surface area contributed by atoms with Crippen molar-refractivity contribution in [1.29, 1.82) is 0 Å². The van der Waals surface area contributed by atoms with E-state index in [1.807, 2.05) is 69.3 Å². The third kappa shape index (κ3) is 4.49. The number of carbonyl (C=O) groups excluding carboxylic acids is 1.